The topological polar surface area (TPSA) is 0 Å². The van der Waals surface area contributed by atoms with Gasteiger partial charge < -0.3 is 0 Å². The number of hydrogen-bond acceptors (Lipinski definition) is 0. The van der Waals surface area contributed by atoms with Gasteiger partial charge in [0.25, 0.3) is 0 Å². The van der Waals surface area contributed by atoms with Crippen molar-refractivity contribution in [2.24, 2.45) is 0 Å². The standard InChI is InChI=1S/C8H7Cl.C8H8/c1-2-7-5-3-4-6-8(7)9;1-2-8-6-4-3-5-7-8/h2-6H,1H2;2-7H,1H2. The van der Waals surface area contributed by atoms with Crippen molar-refractivity contribution in [2.45, 2.75) is 0 Å². The lowest BCUT2D eigenvalue weighted by molar-refractivity contribution is 1.66. The molecule has 0 atom stereocenters. The van der Waals surface area contributed by atoms with Crippen LogP contribution in [0.3, 0.4) is 0 Å². The molecule has 17 heavy (non-hydrogen) atoms. The Hall–Kier alpha value is -1.79. The van der Waals surface area contributed by atoms with Crippen molar-refractivity contribution in [2.75, 3.05) is 0 Å². The Kier molecular flexibility index (Phi) is 5.84. The van der Waals surface area contributed by atoms with Gasteiger partial charge >= 0.3 is 0 Å². The van der Waals surface area contributed by atoms with Crippen molar-refractivity contribution in [3.05, 3.63) is 83.9 Å². The summed E-state index contributed by atoms with van der Waals surface area (Å²) in [7, 11) is 0. The average molecular weight is 243 g/mol. The highest BCUT2D eigenvalue weighted by atomic mass is 35.5. The summed E-state index contributed by atoms with van der Waals surface area (Å²) in [5.41, 5.74) is 2.16. The predicted octanol–water partition coefficient (Wildman–Crippen LogP) is 5.31. The molecule has 0 saturated carbocycles. The second kappa shape index (κ2) is 7.48. The highest BCUT2D eigenvalue weighted by Gasteiger charge is 1.89. The zero-order chi connectivity index (χ0) is 12.5. The normalized spacial score (nSPS) is 8.76. The van der Waals surface area contributed by atoms with Gasteiger partial charge in [0.2, 0.25) is 0 Å². The summed E-state index contributed by atoms with van der Waals surface area (Å²) in [4.78, 5) is 0. The molecule has 0 radical (unpaired) electrons. The van der Waals surface area contributed by atoms with E-state index in [1.165, 1.54) is 5.56 Å². The molecule has 0 aliphatic rings. The summed E-state index contributed by atoms with van der Waals surface area (Å²) in [5.74, 6) is 0. The van der Waals surface area contributed by atoms with Crippen LogP contribution in [0.15, 0.2) is 67.8 Å². The lowest BCUT2D eigenvalue weighted by Gasteiger charge is -1.92. The minimum absolute atomic E-state index is 0.757. The fourth-order valence-electron chi connectivity index (χ4n) is 1.23. The van der Waals surface area contributed by atoms with Crippen LogP contribution >= 0.6 is 11.6 Å². The van der Waals surface area contributed by atoms with Crippen LogP contribution in [0.25, 0.3) is 12.2 Å². The molecule has 0 spiro atoms. The molecule has 2 rings (SSSR count). The Labute approximate surface area is 108 Å². The van der Waals surface area contributed by atoms with E-state index in [0.717, 1.165) is 10.6 Å². The minimum atomic E-state index is 0.757. The van der Waals surface area contributed by atoms with Crippen molar-refractivity contribution in [3.8, 4) is 0 Å². The third-order valence-corrected chi connectivity index (χ3v) is 2.50. The van der Waals surface area contributed by atoms with Crippen molar-refractivity contribution in [3.63, 3.8) is 0 Å². The van der Waals surface area contributed by atoms with Crippen LogP contribution in [0, 0.1) is 0 Å². The van der Waals surface area contributed by atoms with Crippen molar-refractivity contribution < 1.29 is 0 Å². The van der Waals surface area contributed by atoms with Crippen LogP contribution in [-0.4, -0.2) is 0 Å². The molecule has 0 unspecified atom stereocenters. The molecule has 0 aliphatic carbocycles. The van der Waals surface area contributed by atoms with E-state index in [4.69, 9.17) is 11.6 Å². The quantitative estimate of drug-likeness (QED) is 0.669. The smallest absolute Gasteiger partial charge is 0.0478 e. The van der Waals surface area contributed by atoms with E-state index in [9.17, 15) is 0 Å². The first-order valence-corrected chi connectivity index (χ1v) is 5.70. The van der Waals surface area contributed by atoms with E-state index >= 15 is 0 Å². The second-order valence-electron chi connectivity index (χ2n) is 3.34. The van der Waals surface area contributed by atoms with Crippen LogP contribution in [0.2, 0.25) is 5.02 Å². The van der Waals surface area contributed by atoms with E-state index in [1.54, 1.807) is 6.08 Å². The number of rotatable bonds is 2. The Morgan fingerprint density at radius 1 is 0.765 bits per heavy atom. The van der Waals surface area contributed by atoms with Gasteiger partial charge in [-0.15, -0.1) is 0 Å². The minimum Gasteiger partial charge on any atom is -0.0985 e. The molecule has 0 heterocycles. The van der Waals surface area contributed by atoms with Crippen molar-refractivity contribution >= 4 is 23.8 Å². The van der Waals surface area contributed by atoms with Crippen LogP contribution in [0.5, 0.6) is 0 Å². The first-order valence-electron chi connectivity index (χ1n) is 5.32. The van der Waals surface area contributed by atoms with Crippen molar-refractivity contribution in [1.82, 2.24) is 0 Å². The first-order chi connectivity index (χ1) is 8.27. The third kappa shape index (κ3) is 4.71. The van der Waals surface area contributed by atoms with Gasteiger partial charge in [-0.2, -0.15) is 0 Å². The maximum atomic E-state index is 5.75. The predicted molar refractivity (Wildman–Crippen MR) is 78.1 cm³/mol. The van der Waals surface area contributed by atoms with E-state index in [1.807, 2.05) is 60.7 Å². The van der Waals surface area contributed by atoms with E-state index in [-0.39, 0.29) is 0 Å². The molecule has 2 aromatic rings. The summed E-state index contributed by atoms with van der Waals surface area (Å²) in [5, 5.41) is 0.757. The van der Waals surface area contributed by atoms with Crippen LogP contribution < -0.4 is 0 Å². The molecule has 2 aromatic carbocycles. The fraction of sp³-hybridized carbons (Fsp3) is 0. The SMILES string of the molecule is C=Cc1ccccc1.C=Cc1ccccc1Cl. The number of benzene rings is 2. The van der Waals surface area contributed by atoms with Crippen LogP contribution in [-0.2, 0) is 0 Å². The summed E-state index contributed by atoms with van der Waals surface area (Å²) < 4.78 is 0. The van der Waals surface area contributed by atoms with Gasteiger partial charge in [-0.3, -0.25) is 0 Å². The molecular weight excluding hydrogens is 228 g/mol. The molecule has 0 aliphatic heterocycles. The van der Waals surface area contributed by atoms with Gasteiger partial charge in [-0.25, -0.2) is 0 Å². The molecule has 0 bridgehead atoms. The molecular formula is C16H15Cl. The monoisotopic (exact) mass is 242 g/mol. The van der Waals surface area contributed by atoms with Gasteiger partial charge in [0, 0.05) is 5.02 Å². The molecule has 0 fully saturated rings. The molecule has 86 valence electrons. The van der Waals surface area contributed by atoms with E-state index in [0.29, 0.717) is 0 Å². The van der Waals surface area contributed by atoms with Crippen molar-refractivity contribution in [1.29, 1.82) is 0 Å². The zero-order valence-corrected chi connectivity index (χ0v) is 10.4. The Balaban J connectivity index is 0.000000171. The maximum Gasteiger partial charge on any atom is 0.0478 e. The average Bonchev–Trinajstić information content (AvgIpc) is 2.41. The molecule has 0 saturated heterocycles. The summed E-state index contributed by atoms with van der Waals surface area (Å²) in [6.45, 7) is 7.24. The Morgan fingerprint density at radius 2 is 1.35 bits per heavy atom. The van der Waals surface area contributed by atoms with Crippen LogP contribution in [0.1, 0.15) is 11.1 Å². The van der Waals surface area contributed by atoms with Crippen LogP contribution in [0.4, 0.5) is 0 Å². The van der Waals surface area contributed by atoms with E-state index in [2.05, 4.69) is 13.2 Å². The number of hydrogen-bond donors (Lipinski definition) is 0. The first kappa shape index (κ1) is 13.3. The Bertz CT molecular complexity index is 472. The fourth-order valence-corrected chi connectivity index (χ4v) is 1.44. The van der Waals surface area contributed by atoms with Gasteiger partial charge in [-0.1, -0.05) is 85.4 Å². The van der Waals surface area contributed by atoms with Gasteiger partial charge in [-0.05, 0) is 17.2 Å². The molecule has 0 nitrogen and oxygen atoms in total. The summed E-state index contributed by atoms with van der Waals surface area (Å²) in [6.07, 6.45) is 3.57. The number of halogens is 1. The van der Waals surface area contributed by atoms with Gasteiger partial charge in [0.1, 0.15) is 0 Å². The second-order valence-corrected chi connectivity index (χ2v) is 3.75. The maximum absolute atomic E-state index is 5.75. The lowest BCUT2D eigenvalue weighted by Crippen LogP contribution is -1.69. The molecule has 0 amide bonds. The molecule has 1 heteroatoms. The Morgan fingerprint density at radius 3 is 1.76 bits per heavy atom. The highest BCUT2D eigenvalue weighted by Crippen LogP contribution is 2.14. The zero-order valence-electron chi connectivity index (χ0n) is 9.64. The summed E-state index contributed by atoms with van der Waals surface area (Å²) >= 11 is 5.75. The lowest BCUT2D eigenvalue weighted by atomic mass is 10.2. The largest absolute Gasteiger partial charge is 0.0985 e. The van der Waals surface area contributed by atoms with Gasteiger partial charge in [0.05, 0.1) is 0 Å². The van der Waals surface area contributed by atoms with Gasteiger partial charge in [0.15, 0.2) is 0 Å². The molecule has 0 N–H and O–H groups in total. The summed E-state index contributed by atoms with van der Waals surface area (Å²) in [6, 6.07) is 17.6. The molecule has 0 aromatic heterocycles. The third-order valence-electron chi connectivity index (χ3n) is 2.16. The highest BCUT2D eigenvalue weighted by molar-refractivity contribution is 6.32. The van der Waals surface area contributed by atoms with E-state index < -0.39 is 0 Å².